The van der Waals surface area contributed by atoms with Crippen LogP contribution >= 0.6 is 11.8 Å². The first-order chi connectivity index (χ1) is 8.49. The fraction of sp³-hybridized carbons (Fsp3) is 0.300. The number of nitrogens with zero attached hydrogens (tertiary/aromatic N) is 1. The Balaban J connectivity index is 2.95. The quantitative estimate of drug-likeness (QED) is 0.207. The summed E-state index contributed by atoms with van der Waals surface area (Å²) in [5.41, 5.74) is 5.13. The number of thioether (sulfide) groups is 1. The predicted octanol–water partition coefficient (Wildman–Crippen LogP) is 0.505. The SMILES string of the molecule is N/C(=N/O)c1cc(F)c(SCC(O)CO)c(F)c1. The molecule has 100 valence electrons. The van der Waals surface area contributed by atoms with Gasteiger partial charge in [-0.3, -0.25) is 0 Å². The van der Waals surface area contributed by atoms with E-state index in [2.05, 4.69) is 5.16 Å². The van der Waals surface area contributed by atoms with Crippen molar-refractivity contribution in [2.24, 2.45) is 10.9 Å². The van der Waals surface area contributed by atoms with Crippen LogP contribution in [0.2, 0.25) is 0 Å². The maximum atomic E-state index is 13.6. The third-order valence-electron chi connectivity index (χ3n) is 2.03. The maximum Gasteiger partial charge on any atom is 0.170 e. The number of benzene rings is 1. The van der Waals surface area contributed by atoms with Crippen molar-refractivity contribution in [3.8, 4) is 0 Å². The van der Waals surface area contributed by atoms with E-state index in [4.69, 9.17) is 21.2 Å². The van der Waals surface area contributed by atoms with Crippen LogP contribution in [-0.2, 0) is 0 Å². The highest BCUT2D eigenvalue weighted by molar-refractivity contribution is 7.99. The second kappa shape index (κ2) is 6.53. The molecule has 18 heavy (non-hydrogen) atoms. The molecule has 0 bridgehead atoms. The number of rotatable bonds is 5. The van der Waals surface area contributed by atoms with Gasteiger partial charge in [0, 0.05) is 11.3 Å². The van der Waals surface area contributed by atoms with Crippen molar-refractivity contribution >= 4 is 17.6 Å². The van der Waals surface area contributed by atoms with E-state index in [1.165, 1.54) is 0 Å². The van der Waals surface area contributed by atoms with Gasteiger partial charge in [-0.25, -0.2) is 8.78 Å². The number of hydrogen-bond acceptors (Lipinski definition) is 5. The van der Waals surface area contributed by atoms with E-state index in [-0.39, 0.29) is 16.2 Å². The molecule has 8 heteroatoms. The van der Waals surface area contributed by atoms with Crippen molar-refractivity contribution < 1.29 is 24.2 Å². The summed E-state index contributed by atoms with van der Waals surface area (Å²) in [6, 6.07) is 1.84. The van der Waals surface area contributed by atoms with Gasteiger partial charge in [0.25, 0.3) is 0 Å². The monoisotopic (exact) mass is 278 g/mol. The molecule has 0 radical (unpaired) electrons. The van der Waals surface area contributed by atoms with E-state index in [0.29, 0.717) is 0 Å². The van der Waals surface area contributed by atoms with Crippen LogP contribution in [0.1, 0.15) is 5.56 Å². The number of hydrogen-bond donors (Lipinski definition) is 4. The largest absolute Gasteiger partial charge is 0.409 e. The molecule has 1 rings (SSSR count). The molecular weight excluding hydrogens is 266 g/mol. The predicted molar refractivity (Wildman–Crippen MR) is 62.7 cm³/mol. The van der Waals surface area contributed by atoms with Crippen LogP contribution in [0.5, 0.6) is 0 Å². The van der Waals surface area contributed by atoms with Gasteiger partial charge >= 0.3 is 0 Å². The molecule has 5 nitrogen and oxygen atoms in total. The summed E-state index contributed by atoms with van der Waals surface area (Å²) in [4.78, 5) is -0.294. The number of amidine groups is 1. The van der Waals surface area contributed by atoms with Gasteiger partial charge in [-0.2, -0.15) is 0 Å². The summed E-state index contributed by atoms with van der Waals surface area (Å²) < 4.78 is 27.1. The lowest BCUT2D eigenvalue weighted by atomic mass is 10.2. The third-order valence-corrected chi connectivity index (χ3v) is 3.26. The molecule has 0 fully saturated rings. The molecule has 0 aromatic heterocycles. The summed E-state index contributed by atoms with van der Waals surface area (Å²) in [5.74, 6) is -2.22. The van der Waals surface area contributed by atoms with Crippen LogP contribution < -0.4 is 5.73 Å². The highest BCUT2D eigenvalue weighted by Gasteiger charge is 2.15. The standard InChI is InChI=1S/C10H12F2N2O3S/c11-7-1-5(10(13)14-17)2-8(12)9(7)18-4-6(16)3-15/h1-2,6,15-17H,3-4H2,(H2,13,14). The molecule has 0 saturated carbocycles. The number of nitrogens with two attached hydrogens (primary N) is 1. The number of oxime groups is 1. The molecule has 0 spiro atoms. The molecule has 5 N–H and O–H groups in total. The van der Waals surface area contributed by atoms with Gasteiger partial charge in [-0.1, -0.05) is 5.16 Å². The van der Waals surface area contributed by atoms with Crippen LogP contribution in [0.4, 0.5) is 8.78 Å². The molecule has 0 aliphatic rings. The van der Waals surface area contributed by atoms with Crippen LogP contribution in [0, 0.1) is 11.6 Å². The number of halogens is 2. The average Bonchev–Trinajstić information content (AvgIpc) is 2.36. The first-order valence-corrected chi connectivity index (χ1v) is 5.86. The zero-order valence-electron chi connectivity index (χ0n) is 9.18. The molecule has 0 saturated heterocycles. The van der Waals surface area contributed by atoms with Crippen molar-refractivity contribution in [1.29, 1.82) is 0 Å². The van der Waals surface area contributed by atoms with Gasteiger partial charge in [-0.15, -0.1) is 11.8 Å². The third kappa shape index (κ3) is 3.56. The fourth-order valence-electron chi connectivity index (χ4n) is 1.14. The van der Waals surface area contributed by atoms with E-state index in [9.17, 15) is 8.78 Å². The van der Waals surface area contributed by atoms with Gasteiger partial charge in [0.1, 0.15) is 11.6 Å². The van der Waals surface area contributed by atoms with Gasteiger partial charge < -0.3 is 21.2 Å². The van der Waals surface area contributed by atoms with Gasteiger partial charge in [0.2, 0.25) is 0 Å². The average molecular weight is 278 g/mol. The van der Waals surface area contributed by atoms with Crippen molar-refractivity contribution in [3.05, 3.63) is 29.3 Å². The van der Waals surface area contributed by atoms with Crippen LogP contribution in [0.15, 0.2) is 22.2 Å². The van der Waals surface area contributed by atoms with Crippen LogP contribution in [0.25, 0.3) is 0 Å². The lowest BCUT2D eigenvalue weighted by molar-refractivity contribution is 0.113. The minimum Gasteiger partial charge on any atom is -0.409 e. The van der Waals surface area contributed by atoms with E-state index in [1.807, 2.05) is 0 Å². The number of aliphatic hydroxyl groups excluding tert-OH is 2. The maximum absolute atomic E-state index is 13.6. The van der Waals surface area contributed by atoms with Crippen molar-refractivity contribution in [1.82, 2.24) is 0 Å². The summed E-state index contributed by atoms with van der Waals surface area (Å²) >= 11 is 0.731. The highest BCUT2D eigenvalue weighted by atomic mass is 32.2. The molecule has 1 atom stereocenters. The van der Waals surface area contributed by atoms with Crippen LogP contribution in [-0.4, -0.2) is 39.7 Å². The zero-order valence-corrected chi connectivity index (χ0v) is 9.99. The Labute approximate surface area is 106 Å². The van der Waals surface area contributed by atoms with Crippen LogP contribution in [0.3, 0.4) is 0 Å². The Morgan fingerprint density at radius 3 is 2.39 bits per heavy atom. The summed E-state index contributed by atoms with van der Waals surface area (Å²) in [5, 5.41) is 28.7. The van der Waals surface area contributed by atoms with E-state index >= 15 is 0 Å². The number of aliphatic hydroxyl groups is 2. The Kier molecular flexibility index (Phi) is 5.32. The van der Waals surface area contributed by atoms with Gasteiger partial charge in [-0.05, 0) is 12.1 Å². The first-order valence-electron chi connectivity index (χ1n) is 4.88. The molecule has 1 aromatic carbocycles. The second-order valence-electron chi connectivity index (χ2n) is 3.40. The Bertz CT molecular complexity index is 434. The Morgan fingerprint density at radius 2 is 1.94 bits per heavy atom. The fourth-order valence-corrected chi connectivity index (χ4v) is 1.99. The van der Waals surface area contributed by atoms with Gasteiger partial charge in [0.15, 0.2) is 5.84 Å². The zero-order chi connectivity index (χ0) is 13.7. The lowest BCUT2D eigenvalue weighted by Crippen LogP contribution is -2.16. The lowest BCUT2D eigenvalue weighted by Gasteiger charge is -2.09. The smallest absolute Gasteiger partial charge is 0.170 e. The molecule has 0 heterocycles. The molecule has 1 aromatic rings. The molecular formula is C10H12F2N2O3S. The van der Waals surface area contributed by atoms with E-state index < -0.39 is 30.2 Å². The van der Waals surface area contributed by atoms with Crippen molar-refractivity contribution in [3.63, 3.8) is 0 Å². The minimum absolute atomic E-state index is 0.0484. The minimum atomic E-state index is -1.06. The van der Waals surface area contributed by atoms with E-state index in [0.717, 1.165) is 23.9 Å². The molecule has 1 unspecified atom stereocenters. The Hall–Kier alpha value is -1.38. The van der Waals surface area contributed by atoms with Gasteiger partial charge in [0.05, 0.1) is 17.6 Å². The topological polar surface area (TPSA) is 99.1 Å². The second-order valence-corrected chi connectivity index (χ2v) is 4.43. The molecule has 0 aliphatic heterocycles. The molecule has 0 aliphatic carbocycles. The summed E-state index contributed by atoms with van der Waals surface area (Å²) in [7, 11) is 0. The Morgan fingerprint density at radius 1 is 1.39 bits per heavy atom. The van der Waals surface area contributed by atoms with Crippen molar-refractivity contribution in [2.75, 3.05) is 12.4 Å². The van der Waals surface area contributed by atoms with E-state index in [1.54, 1.807) is 0 Å². The molecule has 0 amide bonds. The van der Waals surface area contributed by atoms with Crippen molar-refractivity contribution in [2.45, 2.75) is 11.0 Å². The summed E-state index contributed by atoms with van der Waals surface area (Å²) in [6.45, 7) is -0.488. The highest BCUT2D eigenvalue weighted by Crippen LogP contribution is 2.26. The first kappa shape index (κ1) is 14.7. The summed E-state index contributed by atoms with van der Waals surface area (Å²) in [6.07, 6.45) is -1.06. The normalized spacial score (nSPS) is 13.7.